The molecule has 1 atom stereocenters. The van der Waals surface area contributed by atoms with Gasteiger partial charge in [0.15, 0.2) is 9.84 Å². The number of amides is 1. The lowest BCUT2D eigenvalue weighted by Gasteiger charge is -2.06. The fourth-order valence-electron chi connectivity index (χ4n) is 1.56. The van der Waals surface area contributed by atoms with Crippen molar-refractivity contribution in [3.63, 3.8) is 0 Å². The average molecular weight is 229 g/mol. The summed E-state index contributed by atoms with van der Waals surface area (Å²) < 4.78 is 22.3. The molecule has 0 aliphatic carbocycles. The van der Waals surface area contributed by atoms with Crippen molar-refractivity contribution >= 4 is 21.6 Å². The van der Waals surface area contributed by atoms with E-state index in [-0.39, 0.29) is 17.4 Å². The normalized spacial score (nSPS) is 23.9. The lowest BCUT2D eigenvalue weighted by molar-refractivity contribution is -0.119. The van der Waals surface area contributed by atoms with E-state index in [0.717, 1.165) is 0 Å². The number of sulfone groups is 1. The van der Waals surface area contributed by atoms with E-state index in [2.05, 4.69) is 15.5 Å². The van der Waals surface area contributed by atoms with Crippen LogP contribution in [0.5, 0.6) is 0 Å². The number of rotatable bonds is 2. The van der Waals surface area contributed by atoms with E-state index in [1.165, 1.54) is 6.20 Å². The molecule has 7 heteroatoms. The lowest BCUT2D eigenvalue weighted by Crippen LogP contribution is -2.23. The van der Waals surface area contributed by atoms with Crippen molar-refractivity contribution in [3.8, 4) is 0 Å². The summed E-state index contributed by atoms with van der Waals surface area (Å²) in [5.41, 5.74) is 0. The molecule has 0 radical (unpaired) electrons. The molecule has 1 unspecified atom stereocenters. The van der Waals surface area contributed by atoms with Crippen molar-refractivity contribution in [1.29, 1.82) is 0 Å². The molecule has 82 valence electrons. The number of hydrogen-bond donors (Lipinski definition) is 2. The second-order valence-corrected chi connectivity index (χ2v) is 5.79. The number of nitrogens with zero attached hydrogens (tertiary/aromatic N) is 1. The van der Waals surface area contributed by atoms with Crippen LogP contribution in [-0.4, -0.2) is 36.0 Å². The fourth-order valence-corrected chi connectivity index (χ4v) is 3.30. The molecule has 1 aromatic rings. The van der Waals surface area contributed by atoms with Gasteiger partial charge in [-0.05, 0) is 6.42 Å². The molecular weight excluding hydrogens is 218 g/mol. The first kappa shape index (κ1) is 10.2. The van der Waals surface area contributed by atoms with Gasteiger partial charge in [0.1, 0.15) is 5.82 Å². The van der Waals surface area contributed by atoms with Crippen LogP contribution in [0, 0.1) is 5.92 Å². The summed E-state index contributed by atoms with van der Waals surface area (Å²) in [6.45, 7) is 0. The molecule has 6 nitrogen and oxygen atoms in total. The Hall–Kier alpha value is -1.37. The smallest absolute Gasteiger partial charge is 0.229 e. The number of aromatic amines is 1. The van der Waals surface area contributed by atoms with Crippen molar-refractivity contribution in [2.24, 2.45) is 5.92 Å². The molecule has 1 saturated heterocycles. The molecule has 1 aliphatic rings. The van der Waals surface area contributed by atoms with Crippen LogP contribution in [0.1, 0.15) is 6.42 Å². The Morgan fingerprint density at radius 1 is 1.60 bits per heavy atom. The van der Waals surface area contributed by atoms with E-state index in [1.807, 2.05) is 0 Å². The summed E-state index contributed by atoms with van der Waals surface area (Å²) in [5, 5.41) is 8.83. The predicted octanol–water partition coefficient (Wildman–Crippen LogP) is -0.217. The number of nitrogens with one attached hydrogen (secondary N) is 2. The summed E-state index contributed by atoms with van der Waals surface area (Å²) in [4.78, 5) is 11.6. The summed E-state index contributed by atoms with van der Waals surface area (Å²) >= 11 is 0. The van der Waals surface area contributed by atoms with Gasteiger partial charge in [-0.1, -0.05) is 0 Å². The molecule has 2 rings (SSSR count). The lowest BCUT2D eigenvalue weighted by atomic mass is 10.1. The minimum absolute atomic E-state index is 0.0486. The maximum atomic E-state index is 11.6. The number of anilines is 1. The van der Waals surface area contributed by atoms with E-state index in [1.54, 1.807) is 6.07 Å². The predicted molar refractivity (Wildman–Crippen MR) is 54.0 cm³/mol. The van der Waals surface area contributed by atoms with Gasteiger partial charge in [0, 0.05) is 6.07 Å². The average Bonchev–Trinajstić information content (AvgIpc) is 2.74. The molecule has 1 aliphatic heterocycles. The molecule has 0 spiro atoms. The van der Waals surface area contributed by atoms with Gasteiger partial charge in [0.2, 0.25) is 5.91 Å². The van der Waals surface area contributed by atoms with Crippen molar-refractivity contribution < 1.29 is 13.2 Å². The first-order valence-electron chi connectivity index (χ1n) is 4.57. The van der Waals surface area contributed by atoms with E-state index in [9.17, 15) is 13.2 Å². The Labute approximate surface area is 87.0 Å². The highest BCUT2D eigenvalue weighted by Gasteiger charge is 2.32. The van der Waals surface area contributed by atoms with Gasteiger partial charge in [0.05, 0.1) is 23.6 Å². The summed E-state index contributed by atoms with van der Waals surface area (Å²) in [7, 11) is -3.01. The van der Waals surface area contributed by atoms with Gasteiger partial charge in [-0.15, -0.1) is 0 Å². The summed E-state index contributed by atoms with van der Waals surface area (Å²) in [6, 6.07) is 1.61. The van der Waals surface area contributed by atoms with Gasteiger partial charge >= 0.3 is 0 Å². The monoisotopic (exact) mass is 229 g/mol. The van der Waals surface area contributed by atoms with Gasteiger partial charge in [-0.3, -0.25) is 9.89 Å². The van der Waals surface area contributed by atoms with Crippen molar-refractivity contribution in [3.05, 3.63) is 12.3 Å². The van der Waals surface area contributed by atoms with E-state index in [0.29, 0.717) is 12.2 Å². The Balaban J connectivity index is 1.99. The molecule has 15 heavy (non-hydrogen) atoms. The Bertz CT molecular complexity index is 451. The number of carbonyl (C=O) groups excluding carboxylic acids is 1. The third kappa shape index (κ3) is 2.35. The topological polar surface area (TPSA) is 91.9 Å². The highest BCUT2D eigenvalue weighted by atomic mass is 32.2. The molecule has 2 heterocycles. The van der Waals surface area contributed by atoms with Crippen LogP contribution >= 0.6 is 0 Å². The van der Waals surface area contributed by atoms with E-state index < -0.39 is 15.8 Å². The van der Waals surface area contributed by atoms with Crippen LogP contribution in [0.2, 0.25) is 0 Å². The first-order valence-corrected chi connectivity index (χ1v) is 6.40. The van der Waals surface area contributed by atoms with Gasteiger partial charge in [-0.2, -0.15) is 5.10 Å². The van der Waals surface area contributed by atoms with Crippen molar-refractivity contribution in [1.82, 2.24) is 10.2 Å². The van der Waals surface area contributed by atoms with E-state index >= 15 is 0 Å². The molecular formula is C8H11N3O3S. The summed E-state index contributed by atoms with van der Waals surface area (Å²) in [5.74, 6) is -0.149. The maximum absolute atomic E-state index is 11.6. The molecule has 1 aromatic heterocycles. The fraction of sp³-hybridized carbons (Fsp3) is 0.500. The Kier molecular flexibility index (Phi) is 2.47. The minimum Gasteiger partial charge on any atom is -0.311 e. The van der Waals surface area contributed by atoms with Crippen LogP contribution in [0.3, 0.4) is 0 Å². The Morgan fingerprint density at radius 2 is 2.40 bits per heavy atom. The van der Waals surface area contributed by atoms with Crippen LogP contribution in [-0.2, 0) is 14.6 Å². The molecule has 2 N–H and O–H groups in total. The standard InChI is InChI=1S/C8H11N3O3S/c12-8(10-7-1-3-9-11-7)6-2-4-15(13,14)5-6/h1,3,6H,2,4-5H2,(H2,9,10,11,12). The van der Waals surface area contributed by atoms with Gasteiger partial charge in [0.25, 0.3) is 0 Å². The number of hydrogen-bond acceptors (Lipinski definition) is 4. The van der Waals surface area contributed by atoms with Crippen molar-refractivity contribution in [2.75, 3.05) is 16.8 Å². The molecule has 1 amide bonds. The molecule has 0 bridgehead atoms. The van der Waals surface area contributed by atoms with Crippen molar-refractivity contribution in [2.45, 2.75) is 6.42 Å². The largest absolute Gasteiger partial charge is 0.311 e. The van der Waals surface area contributed by atoms with Crippen LogP contribution in [0.25, 0.3) is 0 Å². The van der Waals surface area contributed by atoms with Crippen LogP contribution < -0.4 is 5.32 Å². The minimum atomic E-state index is -3.01. The third-order valence-electron chi connectivity index (χ3n) is 2.36. The highest BCUT2D eigenvalue weighted by Crippen LogP contribution is 2.19. The van der Waals surface area contributed by atoms with E-state index in [4.69, 9.17) is 0 Å². The van der Waals surface area contributed by atoms with Crippen LogP contribution in [0.15, 0.2) is 12.3 Å². The zero-order chi connectivity index (χ0) is 10.9. The van der Waals surface area contributed by atoms with Gasteiger partial charge < -0.3 is 5.32 Å². The molecule has 1 fully saturated rings. The number of H-pyrrole nitrogens is 1. The number of carbonyl (C=O) groups is 1. The second kappa shape index (κ2) is 3.65. The molecule has 0 saturated carbocycles. The SMILES string of the molecule is O=C(Nc1ccn[nH]1)C1CCS(=O)(=O)C1. The Morgan fingerprint density at radius 3 is 2.93 bits per heavy atom. The second-order valence-electron chi connectivity index (χ2n) is 3.56. The van der Waals surface area contributed by atoms with Gasteiger partial charge in [-0.25, -0.2) is 8.42 Å². The highest BCUT2D eigenvalue weighted by molar-refractivity contribution is 7.91. The zero-order valence-electron chi connectivity index (χ0n) is 7.93. The summed E-state index contributed by atoms with van der Waals surface area (Å²) in [6.07, 6.45) is 1.92. The van der Waals surface area contributed by atoms with Crippen LogP contribution in [0.4, 0.5) is 5.82 Å². The third-order valence-corrected chi connectivity index (χ3v) is 4.13. The zero-order valence-corrected chi connectivity index (χ0v) is 8.75. The quantitative estimate of drug-likeness (QED) is 0.733. The first-order chi connectivity index (χ1) is 7.07. The number of aromatic nitrogens is 2. The molecule has 0 aromatic carbocycles. The maximum Gasteiger partial charge on any atom is 0.229 e.